The summed E-state index contributed by atoms with van der Waals surface area (Å²) in [7, 11) is 0. The molecule has 2 saturated heterocycles. The third-order valence-electron chi connectivity index (χ3n) is 7.24. The van der Waals surface area contributed by atoms with Gasteiger partial charge in [0.25, 0.3) is 0 Å². The highest BCUT2D eigenvalue weighted by molar-refractivity contribution is 5.82. The third kappa shape index (κ3) is 3.18. The zero-order valence-corrected chi connectivity index (χ0v) is 15.9. The summed E-state index contributed by atoms with van der Waals surface area (Å²) in [6, 6.07) is 17.5. The molecule has 0 radical (unpaired) electrons. The van der Waals surface area contributed by atoms with E-state index in [0.29, 0.717) is 0 Å². The van der Waals surface area contributed by atoms with Crippen LogP contribution in [0.3, 0.4) is 0 Å². The zero-order chi connectivity index (χ0) is 17.3. The summed E-state index contributed by atoms with van der Waals surface area (Å²) in [4.78, 5) is 5.68. The van der Waals surface area contributed by atoms with Crippen LogP contribution >= 0.6 is 0 Å². The molecule has 0 spiro atoms. The largest absolute Gasteiger partial charge is 0.298 e. The minimum absolute atomic E-state index is 0.790. The second-order valence-electron chi connectivity index (χ2n) is 8.79. The van der Waals surface area contributed by atoms with Crippen molar-refractivity contribution in [3.8, 4) is 0 Å². The molecule has 2 aromatic carbocycles. The molecule has 1 aliphatic carbocycles. The minimum atomic E-state index is 0.790. The molecule has 0 unspecified atom stereocenters. The first-order chi connectivity index (χ1) is 12.9. The lowest BCUT2D eigenvalue weighted by atomic mass is 9.78. The molecule has 2 heterocycles. The predicted octanol–water partition coefficient (Wildman–Crippen LogP) is 5.07. The molecule has 2 atom stereocenters. The van der Waals surface area contributed by atoms with Gasteiger partial charge in [-0.2, -0.15) is 0 Å². The molecule has 2 aliphatic heterocycles. The first kappa shape index (κ1) is 16.8. The van der Waals surface area contributed by atoms with Crippen LogP contribution in [0.4, 0.5) is 0 Å². The molecule has 3 aliphatic rings. The summed E-state index contributed by atoms with van der Waals surface area (Å²) in [5.74, 6) is 0.926. The van der Waals surface area contributed by atoms with E-state index in [1.165, 1.54) is 80.9 Å². The van der Waals surface area contributed by atoms with Gasteiger partial charge in [0.15, 0.2) is 0 Å². The van der Waals surface area contributed by atoms with Gasteiger partial charge < -0.3 is 0 Å². The van der Waals surface area contributed by atoms with Gasteiger partial charge >= 0.3 is 0 Å². The monoisotopic (exact) mass is 348 g/mol. The van der Waals surface area contributed by atoms with Crippen molar-refractivity contribution >= 4 is 10.8 Å². The summed E-state index contributed by atoms with van der Waals surface area (Å²) in [6.45, 7) is 5.01. The molecule has 2 heteroatoms. The Balaban J connectivity index is 1.41. The van der Waals surface area contributed by atoms with Crippen molar-refractivity contribution < 1.29 is 0 Å². The summed E-state index contributed by atoms with van der Waals surface area (Å²) >= 11 is 0. The highest BCUT2D eigenvalue weighted by Crippen LogP contribution is 2.38. The van der Waals surface area contributed by atoms with Gasteiger partial charge in [-0.3, -0.25) is 9.80 Å². The Morgan fingerprint density at radius 1 is 0.769 bits per heavy atom. The molecular formula is C24H32N2. The molecule has 5 rings (SSSR count). The SMILES string of the molecule is c1ccc2cc(CN3CCN4CCC[C@H]4[C@@H]3C3CCCCC3)ccc2c1. The number of benzene rings is 2. The smallest absolute Gasteiger partial charge is 0.0283 e. The molecule has 0 amide bonds. The number of rotatable bonds is 3. The fourth-order valence-corrected chi connectivity index (χ4v) is 6.01. The minimum Gasteiger partial charge on any atom is -0.298 e. The van der Waals surface area contributed by atoms with Crippen molar-refractivity contribution in [1.82, 2.24) is 9.80 Å². The third-order valence-corrected chi connectivity index (χ3v) is 7.24. The maximum atomic E-state index is 2.87. The van der Waals surface area contributed by atoms with E-state index in [1.54, 1.807) is 0 Å². The molecule has 2 aromatic rings. The summed E-state index contributed by atoms with van der Waals surface area (Å²) in [6.07, 6.45) is 10.1. The lowest BCUT2D eigenvalue weighted by Gasteiger charge is -2.49. The highest BCUT2D eigenvalue weighted by Gasteiger charge is 2.42. The van der Waals surface area contributed by atoms with Gasteiger partial charge in [0.1, 0.15) is 0 Å². The van der Waals surface area contributed by atoms with Crippen molar-refractivity contribution in [2.24, 2.45) is 5.92 Å². The normalized spacial score (nSPS) is 28.5. The summed E-state index contributed by atoms with van der Waals surface area (Å²) < 4.78 is 0. The van der Waals surface area contributed by atoms with Gasteiger partial charge in [-0.1, -0.05) is 55.7 Å². The lowest BCUT2D eigenvalue weighted by Crippen LogP contribution is -2.59. The van der Waals surface area contributed by atoms with Crippen molar-refractivity contribution in [3.05, 3.63) is 48.0 Å². The van der Waals surface area contributed by atoms with E-state index in [0.717, 1.165) is 24.5 Å². The second kappa shape index (κ2) is 7.32. The average molecular weight is 349 g/mol. The van der Waals surface area contributed by atoms with Crippen molar-refractivity contribution in [1.29, 1.82) is 0 Å². The first-order valence-electron chi connectivity index (χ1n) is 10.8. The van der Waals surface area contributed by atoms with Gasteiger partial charge in [-0.15, -0.1) is 0 Å². The number of nitrogens with zero attached hydrogens (tertiary/aromatic N) is 2. The van der Waals surface area contributed by atoms with E-state index >= 15 is 0 Å². The Hall–Kier alpha value is -1.38. The maximum absolute atomic E-state index is 2.87. The standard InChI is InChI=1S/C24H32N2/c1-2-8-21(9-3-1)24-23-11-6-14-25(23)15-16-26(24)18-19-12-13-20-7-4-5-10-22(20)17-19/h4-5,7,10,12-13,17,21,23-24H,1-3,6,8-9,11,14-16,18H2/t23-,24-/m0/s1. The first-order valence-corrected chi connectivity index (χ1v) is 10.8. The van der Waals surface area contributed by atoms with Gasteiger partial charge in [-0.05, 0) is 60.5 Å². The molecule has 138 valence electrons. The van der Waals surface area contributed by atoms with Crippen LogP contribution in [0, 0.1) is 5.92 Å². The predicted molar refractivity (Wildman–Crippen MR) is 109 cm³/mol. The van der Waals surface area contributed by atoms with E-state index in [2.05, 4.69) is 52.3 Å². The Bertz CT molecular complexity index is 749. The average Bonchev–Trinajstić information content (AvgIpc) is 3.17. The molecule has 26 heavy (non-hydrogen) atoms. The molecule has 3 fully saturated rings. The molecule has 0 N–H and O–H groups in total. The van der Waals surface area contributed by atoms with Crippen molar-refractivity contribution in [2.75, 3.05) is 19.6 Å². The van der Waals surface area contributed by atoms with Crippen LogP contribution in [-0.4, -0.2) is 41.5 Å². The maximum Gasteiger partial charge on any atom is 0.0283 e. The van der Waals surface area contributed by atoms with Crippen LogP contribution in [0.5, 0.6) is 0 Å². The zero-order valence-electron chi connectivity index (χ0n) is 15.9. The number of piperazine rings is 1. The number of hydrogen-bond acceptors (Lipinski definition) is 2. The fraction of sp³-hybridized carbons (Fsp3) is 0.583. The fourth-order valence-electron chi connectivity index (χ4n) is 6.01. The molecule has 0 bridgehead atoms. The van der Waals surface area contributed by atoms with Gasteiger partial charge in [0, 0.05) is 31.7 Å². The van der Waals surface area contributed by atoms with Gasteiger partial charge in [-0.25, -0.2) is 0 Å². The van der Waals surface area contributed by atoms with E-state index in [1.807, 2.05) is 0 Å². The topological polar surface area (TPSA) is 6.48 Å². The summed E-state index contributed by atoms with van der Waals surface area (Å²) in [5.41, 5.74) is 1.50. The van der Waals surface area contributed by atoms with Crippen molar-refractivity contribution in [3.63, 3.8) is 0 Å². The Kier molecular flexibility index (Phi) is 4.72. The molecule has 0 aromatic heterocycles. The van der Waals surface area contributed by atoms with Crippen LogP contribution < -0.4 is 0 Å². The summed E-state index contributed by atoms with van der Waals surface area (Å²) in [5, 5.41) is 2.75. The Labute approximate surface area is 158 Å². The van der Waals surface area contributed by atoms with Crippen LogP contribution in [0.2, 0.25) is 0 Å². The quantitative estimate of drug-likeness (QED) is 0.764. The lowest BCUT2D eigenvalue weighted by molar-refractivity contribution is -0.00377. The second-order valence-corrected chi connectivity index (χ2v) is 8.79. The highest BCUT2D eigenvalue weighted by atomic mass is 15.3. The van der Waals surface area contributed by atoms with E-state index in [4.69, 9.17) is 0 Å². The van der Waals surface area contributed by atoms with Gasteiger partial charge in [0.2, 0.25) is 0 Å². The van der Waals surface area contributed by atoms with Crippen LogP contribution in [-0.2, 0) is 6.54 Å². The number of hydrogen-bond donors (Lipinski definition) is 0. The van der Waals surface area contributed by atoms with E-state index in [-0.39, 0.29) is 0 Å². The van der Waals surface area contributed by atoms with E-state index < -0.39 is 0 Å². The molecule has 2 nitrogen and oxygen atoms in total. The van der Waals surface area contributed by atoms with Crippen molar-refractivity contribution in [2.45, 2.75) is 63.6 Å². The van der Waals surface area contributed by atoms with Crippen LogP contribution in [0.1, 0.15) is 50.5 Å². The Morgan fingerprint density at radius 2 is 1.62 bits per heavy atom. The Morgan fingerprint density at radius 3 is 2.50 bits per heavy atom. The van der Waals surface area contributed by atoms with Crippen LogP contribution in [0.15, 0.2) is 42.5 Å². The van der Waals surface area contributed by atoms with Gasteiger partial charge in [0.05, 0.1) is 0 Å². The van der Waals surface area contributed by atoms with E-state index in [9.17, 15) is 0 Å². The number of fused-ring (bicyclic) bond motifs is 2. The van der Waals surface area contributed by atoms with Crippen LogP contribution in [0.25, 0.3) is 10.8 Å². The molecular weight excluding hydrogens is 316 g/mol. The molecule has 1 saturated carbocycles.